The van der Waals surface area contributed by atoms with Crippen molar-refractivity contribution in [3.8, 4) is 0 Å². The molecule has 0 spiro atoms. The number of carbonyl (C=O) groups excluding carboxylic acids is 2. The molecule has 0 saturated heterocycles. The minimum atomic E-state index is -0.333. The van der Waals surface area contributed by atoms with Crippen LogP contribution in [-0.4, -0.2) is 25.7 Å². The van der Waals surface area contributed by atoms with Crippen molar-refractivity contribution in [2.24, 2.45) is 5.92 Å². The van der Waals surface area contributed by atoms with Crippen LogP contribution in [0.1, 0.15) is 30.2 Å². The number of esters is 1. The highest BCUT2D eigenvalue weighted by Crippen LogP contribution is 2.27. The van der Waals surface area contributed by atoms with E-state index in [1.54, 1.807) is 0 Å². The highest BCUT2D eigenvalue weighted by molar-refractivity contribution is 7.10. The molecule has 2 rings (SSSR count). The normalized spacial score (nSPS) is 15.6. The number of amides is 2. The summed E-state index contributed by atoms with van der Waals surface area (Å²) in [5, 5.41) is 7.58. The third-order valence-corrected chi connectivity index (χ3v) is 4.02. The van der Waals surface area contributed by atoms with Gasteiger partial charge in [-0.15, -0.1) is 11.3 Å². The first-order valence-corrected chi connectivity index (χ1v) is 7.21. The molecule has 104 valence electrons. The number of ether oxygens (including phenoxy) is 1. The molecule has 1 saturated carbocycles. The zero-order valence-electron chi connectivity index (χ0n) is 10.8. The molecule has 1 heterocycles. The minimum absolute atomic E-state index is 0.147. The zero-order valence-corrected chi connectivity index (χ0v) is 11.7. The van der Waals surface area contributed by atoms with Crippen molar-refractivity contribution >= 4 is 23.3 Å². The van der Waals surface area contributed by atoms with E-state index in [9.17, 15) is 9.59 Å². The van der Waals surface area contributed by atoms with E-state index in [1.165, 1.54) is 31.3 Å². The summed E-state index contributed by atoms with van der Waals surface area (Å²) in [4.78, 5) is 24.1. The highest BCUT2D eigenvalue weighted by atomic mass is 32.1. The fraction of sp³-hybridized carbons (Fsp3) is 0.538. The maximum absolute atomic E-state index is 11.8. The van der Waals surface area contributed by atoms with E-state index in [2.05, 4.69) is 15.4 Å². The Morgan fingerprint density at radius 3 is 2.89 bits per heavy atom. The molecule has 0 aliphatic heterocycles. The Balaban J connectivity index is 1.88. The van der Waals surface area contributed by atoms with E-state index >= 15 is 0 Å². The molecule has 2 amide bonds. The van der Waals surface area contributed by atoms with Crippen LogP contribution in [0, 0.1) is 5.92 Å². The first kappa shape index (κ1) is 13.9. The Kier molecular flexibility index (Phi) is 4.79. The number of hydrogen-bond acceptors (Lipinski definition) is 4. The van der Waals surface area contributed by atoms with Gasteiger partial charge in [0.25, 0.3) is 0 Å². The van der Waals surface area contributed by atoms with E-state index in [-0.39, 0.29) is 24.5 Å². The van der Waals surface area contributed by atoms with E-state index in [1.807, 2.05) is 17.5 Å². The van der Waals surface area contributed by atoms with Crippen molar-refractivity contribution in [2.75, 3.05) is 13.7 Å². The number of rotatable bonds is 6. The molecule has 1 atom stereocenters. The van der Waals surface area contributed by atoms with Crippen LogP contribution in [0.3, 0.4) is 0 Å². The van der Waals surface area contributed by atoms with Crippen LogP contribution in [0.25, 0.3) is 0 Å². The molecular weight excluding hydrogens is 264 g/mol. The van der Waals surface area contributed by atoms with Crippen molar-refractivity contribution in [3.05, 3.63) is 22.4 Å². The number of methoxy groups -OCH3 is 1. The smallest absolute Gasteiger partial charge is 0.315 e. The zero-order chi connectivity index (χ0) is 13.7. The van der Waals surface area contributed by atoms with Crippen LogP contribution < -0.4 is 10.6 Å². The third-order valence-electron chi connectivity index (χ3n) is 3.04. The topological polar surface area (TPSA) is 67.4 Å². The van der Waals surface area contributed by atoms with Gasteiger partial charge in [0.05, 0.1) is 19.6 Å². The SMILES string of the molecule is COC(=O)C[C@H](NC(=O)NCC1CC1)c1cccs1. The number of carbonyl (C=O) groups is 2. The second-order valence-corrected chi connectivity index (χ2v) is 5.63. The molecule has 0 bridgehead atoms. The predicted molar refractivity (Wildman–Crippen MR) is 73.0 cm³/mol. The molecule has 1 aliphatic rings. The Morgan fingerprint density at radius 1 is 1.53 bits per heavy atom. The molecule has 19 heavy (non-hydrogen) atoms. The summed E-state index contributed by atoms with van der Waals surface area (Å²) in [7, 11) is 1.35. The maximum Gasteiger partial charge on any atom is 0.315 e. The monoisotopic (exact) mass is 282 g/mol. The summed E-state index contributed by atoms with van der Waals surface area (Å²) < 4.78 is 4.66. The average Bonchev–Trinajstić information content (AvgIpc) is 3.07. The molecule has 1 aromatic rings. The highest BCUT2D eigenvalue weighted by Gasteiger charge is 2.23. The lowest BCUT2D eigenvalue weighted by atomic mass is 10.2. The molecule has 5 nitrogen and oxygen atoms in total. The first-order chi connectivity index (χ1) is 9.19. The second-order valence-electron chi connectivity index (χ2n) is 4.65. The minimum Gasteiger partial charge on any atom is -0.469 e. The Hall–Kier alpha value is -1.56. The van der Waals surface area contributed by atoms with Gasteiger partial charge in [-0.05, 0) is 30.2 Å². The molecule has 1 fully saturated rings. The van der Waals surface area contributed by atoms with Crippen LogP contribution in [0.15, 0.2) is 17.5 Å². The van der Waals surface area contributed by atoms with Gasteiger partial charge in [-0.1, -0.05) is 6.07 Å². The fourth-order valence-corrected chi connectivity index (χ4v) is 2.51. The number of thiophene rings is 1. The molecule has 2 N–H and O–H groups in total. The molecular formula is C13H18N2O3S. The van der Waals surface area contributed by atoms with Crippen molar-refractivity contribution in [1.82, 2.24) is 10.6 Å². The summed E-state index contributed by atoms with van der Waals surface area (Å²) in [6.07, 6.45) is 2.53. The van der Waals surface area contributed by atoms with Crippen LogP contribution >= 0.6 is 11.3 Å². The van der Waals surface area contributed by atoms with Crippen LogP contribution in [0.5, 0.6) is 0 Å². The second kappa shape index (κ2) is 6.56. The molecule has 0 unspecified atom stereocenters. The predicted octanol–water partition coefficient (Wildman–Crippen LogP) is 2.06. The van der Waals surface area contributed by atoms with Crippen molar-refractivity contribution in [3.63, 3.8) is 0 Å². The van der Waals surface area contributed by atoms with E-state index in [0.717, 1.165) is 4.88 Å². The summed E-state index contributed by atoms with van der Waals surface area (Å²) >= 11 is 1.51. The van der Waals surface area contributed by atoms with E-state index in [0.29, 0.717) is 12.5 Å². The summed E-state index contributed by atoms with van der Waals surface area (Å²) in [6, 6.07) is 3.24. The summed E-state index contributed by atoms with van der Waals surface area (Å²) in [6.45, 7) is 0.710. The first-order valence-electron chi connectivity index (χ1n) is 6.33. The van der Waals surface area contributed by atoms with Gasteiger partial charge >= 0.3 is 12.0 Å². The number of hydrogen-bond donors (Lipinski definition) is 2. The fourth-order valence-electron chi connectivity index (χ4n) is 1.73. The molecule has 0 radical (unpaired) electrons. The summed E-state index contributed by atoms with van der Waals surface area (Å²) in [5.41, 5.74) is 0. The van der Waals surface area contributed by atoms with Gasteiger partial charge in [0.2, 0.25) is 0 Å². The van der Waals surface area contributed by atoms with Gasteiger partial charge in [0.1, 0.15) is 0 Å². The molecule has 6 heteroatoms. The quantitative estimate of drug-likeness (QED) is 0.785. The molecule has 1 aliphatic carbocycles. The van der Waals surface area contributed by atoms with Crippen molar-refractivity contribution in [2.45, 2.75) is 25.3 Å². The Morgan fingerprint density at radius 2 is 2.32 bits per heavy atom. The third kappa shape index (κ3) is 4.55. The molecule has 1 aromatic heterocycles. The lowest BCUT2D eigenvalue weighted by molar-refractivity contribution is -0.141. The van der Waals surface area contributed by atoms with Gasteiger partial charge in [0, 0.05) is 11.4 Å². The van der Waals surface area contributed by atoms with Gasteiger partial charge in [0.15, 0.2) is 0 Å². The number of nitrogens with one attached hydrogen (secondary N) is 2. The van der Waals surface area contributed by atoms with Gasteiger partial charge in [-0.25, -0.2) is 4.79 Å². The molecule has 0 aromatic carbocycles. The number of urea groups is 1. The van der Waals surface area contributed by atoms with Gasteiger partial charge in [-0.2, -0.15) is 0 Å². The van der Waals surface area contributed by atoms with Crippen molar-refractivity contribution < 1.29 is 14.3 Å². The Bertz CT molecular complexity index is 429. The Labute approximate surface area is 116 Å². The van der Waals surface area contributed by atoms with E-state index < -0.39 is 0 Å². The largest absolute Gasteiger partial charge is 0.469 e. The standard InChI is InChI=1S/C13H18N2O3S/c1-18-12(16)7-10(11-3-2-6-19-11)15-13(17)14-8-9-4-5-9/h2-3,6,9-10H,4-5,7-8H2,1H3,(H2,14,15,17)/t10-/m0/s1. The average molecular weight is 282 g/mol. The van der Waals surface area contributed by atoms with Crippen molar-refractivity contribution in [1.29, 1.82) is 0 Å². The summed E-state index contributed by atoms with van der Waals surface area (Å²) in [5.74, 6) is 0.299. The lowest BCUT2D eigenvalue weighted by Gasteiger charge is -2.16. The maximum atomic E-state index is 11.8. The van der Waals surface area contributed by atoms with Crippen LogP contribution in [-0.2, 0) is 9.53 Å². The lowest BCUT2D eigenvalue weighted by Crippen LogP contribution is -2.39. The van der Waals surface area contributed by atoms with Gasteiger partial charge in [-0.3, -0.25) is 4.79 Å². The van der Waals surface area contributed by atoms with Gasteiger partial charge < -0.3 is 15.4 Å². The van der Waals surface area contributed by atoms with Crippen LogP contribution in [0.2, 0.25) is 0 Å². The van der Waals surface area contributed by atoms with E-state index in [4.69, 9.17) is 0 Å². The van der Waals surface area contributed by atoms with Crippen LogP contribution in [0.4, 0.5) is 4.79 Å².